The summed E-state index contributed by atoms with van der Waals surface area (Å²) in [5, 5.41) is 0. The van der Waals surface area contributed by atoms with E-state index in [9.17, 15) is 0 Å². The first-order valence-electron chi connectivity index (χ1n) is 6.99. The largest absolute Gasteiger partial charge is 0.380 e. The van der Waals surface area contributed by atoms with Crippen LogP contribution in [0.15, 0.2) is 72.4 Å². The maximum Gasteiger partial charge on any atom is 0.0252 e. The van der Waals surface area contributed by atoms with Crippen LogP contribution in [0.5, 0.6) is 0 Å². The molecular weight excluding hydrogens is 242 g/mol. The van der Waals surface area contributed by atoms with E-state index in [1.807, 2.05) is 0 Å². The highest BCUT2D eigenvalue weighted by molar-refractivity contribution is 6.08. The zero-order chi connectivity index (χ0) is 13.9. The molecule has 1 nitrogen and oxygen atoms in total. The van der Waals surface area contributed by atoms with Gasteiger partial charge in [0.1, 0.15) is 0 Å². The van der Waals surface area contributed by atoms with Crippen LogP contribution in [-0.4, -0.2) is 19.0 Å². The third-order valence-corrected chi connectivity index (χ3v) is 3.74. The second-order valence-electron chi connectivity index (χ2n) is 5.27. The smallest absolute Gasteiger partial charge is 0.0252 e. The fourth-order valence-corrected chi connectivity index (χ4v) is 2.77. The maximum absolute atomic E-state index is 2.34. The summed E-state index contributed by atoms with van der Waals surface area (Å²) in [7, 11) is 4.25. The van der Waals surface area contributed by atoms with E-state index in [-0.39, 0.29) is 0 Å². The summed E-state index contributed by atoms with van der Waals surface area (Å²) >= 11 is 0. The van der Waals surface area contributed by atoms with Crippen molar-refractivity contribution in [3.05, 3.63) is 83.6 Å². The summed E-state index contributed by atoms with van der Waals surface area (Å²) in [6, 6.07) is 21.3. The van der Waals surface area contributed by atoms with Gasteiger partial charge in [0.15, 0.2) is 0 Å². The first kappa shape index (κ1) is 12.7. The van der Waals surface area contributed by atoms with Crippen LogP contribution in [-0.2, 0) is 0 Å². The van der Waals surface area contributed by atoms with Crippen molar-refractivity contribution in [1.29, 1.82) is 0 Å². The molecule has 0 aliphatic heterocycles. The van der Waals surface area contributed by atoms with Crippen molar-refractivity contribution >= 4 is 11.1 Å². The Morgan fingerprint density at radius 1 is 0.750 bits per heavy atom. The second-order valence-corrected chi connectivity index (χ2v) is 5.27. The fourth-order valence-electron chi connectivity index (χ4n) is 2.77. The molecule has 1 heteroatoms. The topological polar surface area (TPSA) is 3.24 Å². The van der Waals surface area contributed by atoms with E-state index in [0.717, 1.165) is 6.42 Å². The molecule has 20 heavy (non-hydrogen) atoms. The fraction of sp³-hybridized carbons (Fsp3) is 0.158. The number of rotatable bonds is 3. The molecule has 2 aromatic carbocycles. The summed E-state index contributed by atoms with van der Waals surface area (Å²) < 4.78 is 0. The molecule has 1 aliphatic carbocycles. The summed E-state index contributed by atoms with van der Waals surface area (Å²) in [6.07, 6.45) is 3.34. The predicted molar refractivity (Wildman–Crippen MR) is 86.1 cm³/mol. The molecule has 0 radical (unpaired) electrons. The number of allylic oxidation sites excluding steroid dienone is 3. The molecule has 0 unspecified atom stereocenters. The molecule has 2 aromatic rings. The van der Waals surface area contributed by atoms with E-state index in [1.165, 1.54) is 28.0 Å². The lowest BCUT2D eigenvalue weighted by Gasteiger charge is -2.19. The van der Waals surface area contributed by atoms with Crippen LogP contribution in [0, 0.1) is 0 Å². The summed E-state index contributed by atoms with van der Waals surface area (Å²) in [4.78, 5) is 2.23. The molecule has 1 aliphatic rings. The molecular formula is C19H19N. The van der Waals surface area contributed by atoms with Crippen LogP contribution in [0.4, 0.5) is 0 Å². The highest BCUT2D eigenvalue weighted by Crippen LogP contribution is 2.40. The Bertz CT molecular complexity index is 649. The number of nitrogens with zero attached hydrogens (tertiary/aromatic N) is 1. The van der Waals surface area contributed by atoms with Crippen molar-refractivity contribution in [1.82, 2.24) is 4.90 Å². The van der Waals surface area contributed by atoms with E-state index in [2.05, 4.69) is 85.7 Å². The molecule has 0 N–H and O–H groups in total. The number of hydrogen-bond donors (Lipinski definition) is 0. The third-order valence-electron chi connectivity index (χ3n) is 3.74. The SMILES string of the molecule is CN(C)C1=C(c2ccccc2)C(c2ccccc2)=CC1. The second kappa shape index (κ2) is 5.38. The van der Waals surface area contributed by atoms with Gasteiger partial charge < -0.3 is 4.90 Å². The van der Waals surface area contributed by atoms with Crippen molar-refractivity contribution in [3.63, 3.8) is 0 Å². The Kier molecular flexibility index (Phi) is 3.42. The molecule has 0 heterocycles. The van der Waals surface area contributed by atoms with Crippen molar-refractivity contribution in [2.45, 2.75) is 6.42 Å². The van der Waals surface area contributed by atoms with Crippen LogP contribution in [0.2, 0.25) is 0 Å². The minimum absolute atomic E-state index is 1.00. The zero-order valence-electron chi connectivity index (χ0n) is 12.0. The highest BCUT2D eigenvalue weighted by atomic mass is 15.1. The van der Waals surface area contributed by atoms with Crippen LogP contribution in [0.25, 0.3) is 11.1 Å². The lowest BCUT2D eigenvalue weighted by Crippen LogP contribution is -2.11. The molecule has 0 saturated carbocycles. The average molecular weight is 261 g/mol. The van der Waals surface area contributed by atoms with E-state index in [0.29, 0.717) is 0 Å². The predicted octanol–water partition coefficient (Wildman–Crippen LogP) is 4.45. The Labute approximate surface area is 120 Å². The number of benzene rings is 2. The van der Waals surface area contributed by atoms with Gasteiger partial charge >= 0.3 is 0 Å². The van der Waals surface area contributed by atoms with Crippen molar-refractivity contribution in [2.75, 3.05) is 14.1 Å². The molecule has 0 fully saturated rings. The van der Waals surface area contributed by atoms with Gasteiger partial charge in [-0.05, 0) is 16.7 Å². The average Bonchev–Trinajstić information content (AvgIpc) is 2.94. The van der Waals surface area contributed by atoms with Gasteiger partial charge in [-0.1, -0.05) is 66.7 Å². The van der Waals surface area contributed by atoms with Crippen LogP contribution < -0.4 is 0 Å². The van der Waals surface area contributed by atoms with Gasteiger partial charge in [0.2, 0.25) is 0 Å². The van der Waals surface area contributed by atoms with Crippen LogP contribution >= 0.6 is 0 Å². The standard InChI is InChI=1S/C19H19N/c1-20(2)18-14-13-17(15-9-5-3-6-10-15)19(18)16-11-7-4-8-12-16/h3-13H,14H2,1-2H3. The molecule has 0 saturated heterocycles. The monoisotopic (exact) mass is 261 g/mol. The maximum atomic E-state index is 2.34. The molecule has 0 aromatic heterocycles. The molecule has 0 bridgehead atoms. The molecule has 0 amide bonds. The van der Waals surface area contributed by atoms with Gasteiger partial charge in [0.25, 0.3) is 0 Å². The highest BCUT2D eigenvalue weighted by Gasteiger charge is 2.21. The first-order chi connectivity index (χ1) is 9.77. The van der Waals surface area contributed by atoms with Gasteiger partial charge in [-0.15, -0.1) is 0 Å². The Hall–Kier alpha value is -2.28. The van der Waals surface area contributed by atoms with Crippen LogP contribution in [0.1, 0.15) is 17.5 Å². The minimum Gasteiger partial charge on any atom is -0.380 e. The minimum atomic E-state index is 1.00. The Morgan fingerprint density at radius 2 is 1.30 bits per heavy atom. The van der Waals surface area contributed by atoms with Crippen LogP contribution in [0.3, 0.4) is 0 Å². The van der Waals surface area contributed by atoms with Gasteiger partial charge in [0, 0.05) is 31.8 Å². The molecule has 100 valence electrons. The number of hydrogen-bond acceptors (Lipinski definition) is 1. The first-order valence-corrected chi connectivity index (χ1v) is 6.99. The lowest BCUT2D eigenvalue weighted by atomic mass is 9.94. The Morgan fingerprint density at radius 3 is 1.85 bits per heavy atom. The van der Waals surface area contributed by atoms with Gasteiger partial charge in [0.05, 0.1) is 0 Å². The van der Waals surface area contributed by atoms with Gasteiger partial charge in [-0.3, -0.25) is 0 Å². The van der Waals surface area contributed by atoms with E-state index < -0.39 is 0 Å². The van der Waals surface area contributed by atoms with Crippen molar-refractivity contribution < 1.29 is 0 Å². The van der Waals surface area contributed by atoms with Crippen molar-refractivity contribution in [2.24, 2.45) is 0 Å². The van der Waals surface area contributed by atoms with E-state index in [1.54, 1.807) is 0 Å². The molecule has 3 rings (SSSR count). The summed E-state index contributed by atoms with van der Waals surface area (Å²) in [6.45, 7) is 0. The third kappa shape index (κ3) is 2.27. The van der Waals surface area contributed by atoms with E-state index >= 15 is 0 Å². The summed E-state index contributed by atoms with van der Waals surface area (Å²) in [5.74, 6) is 0. The van der Waals surface area contributed by atoms with E-state index in [4.69, 9.17) is 0 Å². The lowest BCUT2D eigenvalue weighted by molar-refractivity contribution is 0.507. The van der Waals surface area contributed by atoms with Gasteiger partial charge in [-0.25, -0.2) is 0 Å². The van der Waals surface area contributed by atoms with Crippen molar-refractivity contribution in [3.8, 4) is 0 Å². The Balaban J connectivity index is 2.13. The normalized spacial score (nSPS) is 14.4. The molecule has 0 atom stereocenters. The summed E-state index contributed by atoms with van der Waals surface area (Å²) in [5.41, 5.74) is 6.68. The van der Waals surface area contributed by atoms with Gasteiger partial charge in [-0.2, -0.15) is 0 Å². The quantitative estimate of drug-likeness (QED) is 0.789. The zero-order valence-corrected chi connectivity index (χ0v) is 12.0. The molecule has 0 spiro atoms.